The number of hydrogen-bond acceptors (Lipinski definition) is 2. The second-order valence-electron chi connectivity index (χ2n) is 7.78. The van der Waals surface area contributed by atoms with Gasteiger partial charge in [-0.15, -0.1) is 0 Å². The van der Waals surface area contributed by atoms with Crippen molar-refractivity contribution < 1.29 is 10.2 Å². The first-order valence-corrected chi connectivity index (χ1v) is 10.8. The van der Waals surface area contributed by atoms with E-state index < -0.39 is 0 Å². The highest BCUT2D eigenvalue weighted by atomic mass is 16.3. The summed E-state index contributed by atoms with van der Waals surface area (Å²) in [6.45, 7) is 10.9. The Labute approximate surface area is 174 Å². The van der Waals surface area contributed by atoms with Crippen molar-refractivity contribution in [3.63, 3.8) is 0 Å². The Morgan fingerprint density at radius 3 is 1.41 bits per heavy atom. The predicted octanol–water partition coefficient (Wildman–Crippen LogP) is 6.04. The lowest BCUT2D eigenvalue weighted by molar-refractivity contribution is 0.401. The van der Waals surface area contributed by atoms with Crippen LogP contribution in [0.4, 0.5) is 0 Å². The molecule has 3 heteroatoms. The monoisotopic (exact) mass is 391 g/mol. The van der Waals surface area contributed by atoms with Gasteiger partial charge in [-0.05, 0) is 78.0 Å². The third kappa shape index (κ3) is 4.05. The van der Waals surface area contributed by atoms with E-state index in [-0.39, 0.29) is 11.8 Å². The summed E-state index contributed by atoms with van der Waals surface area (Å²) in [7, 11) is 0. The molecule has 0 fully saturated rings. The van der Waals surface area contributed by atoms with E-state index in [2.05, 4.69) is 58.9 Å². The molecular formula is C26H33NO2. The normalized spacial score (nSPS) is 11.2. The van der Waals surface area contributed by atoms with Crippen LogP contribution in [0.2, 0.25) is 0 Å². The molecule has 0 bridgehead atoms. The summed E-state index contributed by atoms with van der Waals surface area (Å²) in [5.41, 5.74) is 10.1. The van der Waals surface area contributed by atoms with Crippen molar-refractivity contribution >= 4 is 0 Å². The maximum absolute atomic E-state index is 10.3. The standard InChI is InChI=1S/C26H33NO2/c1-6-20-13-18(14-21(7-2)17(20)5)12-19-15-22(8-3)26(23(9-4)16-19)27-24(28)10-11-25(27)29/h10-11,13-16,28-29H,6-9,12H2,1-5H3. The number of benzene rings is 2. The van der Waals surface area contributed by atoms with Gasteiger partial charge in [-0.2, -0.15) is 0 Å². The molecule has 2 N–H and O–H groups in total. The summed E-state index contributed by atoms with van der Waals surface area (Å²) < 4.78 is 1.55. The van der Waals surface area contributed by atoms with E-state index in [1.54, 1.807) is 4.57 Å². The van der Waals surface area contributed by atoms with E-state index in [4.69, 9.17) is 0 Å². The number of hydrogen-bond donors (Lipinski definition) is 2. The summed E-state index contributed by atoms with van der Waals surface area (Å²) in [4.78, 5) is 0. The Hall–Kier alpha value is -2.68. The van der Waals surface area contributed by atoms with Gasteiger partial charge in [0.1, 0.15) is 0 Å². The Morgan fingerprint density at radius 2 is 1.03 bits per heavy atom. The third-order valence-corrected chi connectivity index (χ3v) is 6.01. The van der Waals surface area contributed by atoms with Crippen LogP contribution >= 0.6 is 0 Å². The Bertz CT molecular complexity index is 944. The minimum absolute atomic E-state index is 0.0679. The van der Waals surface area contributed by atoms with Gasteiger partial charge >= 0.3 is 0 Å². The number of aryl methyl sites for hydroxylation is 4. The van der Waals surface area contributed by atoms with E-state index in [0.717, 1.165) is 48.9 Å². The average Bonchev–Trinajstić information content (AvgIpc) is 3.06. The lowest BCUT2D eigenvalue weighted by atomic mass is 9.91. The highest BCUT2D eigenvalue weighted by Crippen LogP contribution is 2.33. The summed E-state index contributed by atoms with van der Waals surface area (Å²) >= 11 is 0. The topological polar surface area (TPSA) is 45.4 Å². The number of rotatable bonds is 7. The maximum atomic E-state index is 10.3. The minimum Gasteiger partial charge on any atom is -0.494 e. The third-order valence-electron chi connectivity index (χ3n) is 6.01. The lowest BCUT2D eigenvalue weighted by Crippen LogP contribution is -2.06. The molecule has 0 atom stereocenters. The zero-order valence-corrected chi connectivity index (χ0v) is 18.3. The number of aromatic nitrogens is 1. The molecule has 0 unspecified atom stereocenters. The van der Waals surface area contributed by atoms with Gasteiger partial charge in [0.2, 0.25) is 0 Å². The molecular weight excluding hydrogens is 358 g/mol. The predicted molar refractivity (Wildman–Crippen MR) is 121 cm³/mol. The molecule has 2 aromatic carbocycles. The van der Waals surface area contributed by atoms with Crippen molar-refractivity contribution in [2.24, 2.45) is 0 Å². The molecule has 3 nitrogen and oxygen atoms in total. The first-order chi connectivity index (χ1) is 13.9. The molecule has 0 saturated carbocycles. The molecule has 1 heterocycles. The summed E-state index contributed by atoms with van der Waals surface area (Å²) in [5, 5.41) is 20.5. The molecule has 0 aliphatic rings. The van der Waals surface area contributed by atoms with Gasteiger partial charge < -0.3 is 10.2 Å². The maximum Gasteiger partial charge on any atom is 0.198 e. The second kappa shape index (κ2) is 8.77. The smallest absolute Gasteiger partial charge is 0.198 e. The molecule has 3 aromatic rings. The first-order valence-electron chi connectivity index (χ1n) is 10.8. The zero-order valence-electron chi connectivity index (χ0n) is 18.3. The molecule has 1 aromatic heterocycles. The summed E-state index contributed by atoms with van der Waals surface area (Å²) in [6, 6.07) is 12.2. The Kier molecular flexibility index (Phi) is 6.36. The van der Waals surface area contributed by atoms with E-state index in [9.17, 15) is 10.2 Å². The largest absolute Gasteiger partial charge is 0.494 e. The molecule has 0 aliphatic heterocycles. The fourth-order valence-corrected chi connectivity index (χ4v) is 4.39. The van der Waals surface area contributed by atoms with Gasteiger partial charge in [0, 0.05) is 12.1 Å². The Morgan fingerprint density at radius 1 is 0.655 bits per heavy atom. The second-order valence-corrected chi connectivity index (χ2v) is 7.78. The minimum atomic E-state index is 0.0679. The van der Waals surface area contributed by atoms with Crippen LogP contribution in [0.5, 0.6) is 11.8 Å². The zero-order chi connectivity index (χ0) is 21.1. The molecule has 154 valence electrons. The SMILES string of the molecule is CCc1cc(Cc2cc(CC)c(-n3c(O)ccc3O)c(CC)c2)cc(CC)c1C. The Balaban J connectivity index is 2.09. The van der Waals surface area contributed by atoms with Crippen LogP contribution in [0.3, 0.4) is 0 Å². The molecule has 3 rings (SSSR count). The molecule has 0 spiro atoms. The van der Waals surface area contributed by atoms with Crippen LogP contribution in [-0.2, 0) is 32.1 Å². The van der Waals surface area contributed by atoms with Gasteiger partial charge in [-0.1, -0.05) is 52.0 Å². The van der Waals surface area contributed by atoms with E-state index in [1.165, 1.54) is 39.9 Å². The lowest BCUT2D eigenvalue weighted by Gasteiger charge is -2.19. The van der Waals surface area contributed by atoms with E-state index >= 15 is 0 Å². The van der Waals surface area contributed by atoms with E-state index in [1.807, 2.05) is 0 Å². The molecule has 29 heavy (non-hydrogen) atoms. The highest BCUT2D eigenvalue weighted by molar-refractivity contribution is 5.56. The van der Waals surface area contributed by atoms with Crippen LogP contribution in [0, 0.1) is 6.92 Å². The van der Waals surface area contributed by atoms with Crippen molar-refractivity contribution in [2.75, 3.05) is 0 Å². The van der Waals surface area contributed by atoms with Crippen LogP contribution in [0.25, 0.3) is 5.69 Å². The van der Waals surface area contributed by atoms with Crippen molar-refractivity contribution in [2.45, 2.75) is 66.7 Å². The van der Waals surface area contributed by atoms with Crippen molar-refractivity contribution in [1.82, 2.24) is 4.57 Å². The fourth-order valence-electron chi connectivity index (χ4n) is 4.39. The van der Waals surface area contributed by atoms with Gasteiger partial charge in [0.05, 0.1) is 5.69 Å². The van der Waals surface area contributed by atoms with Crippen LogP contribution in [-0.4, -0.2) is 14.8 Å². The van der Waals surface area contributed by atoms with Gasteiger partial charge in [0.25, 0.3) is 0 Å². The molecule has 0 radical (unpaired) electrons. The van der Waals surface area contributed by atoms with Crippen molar-refractivity contribution in [3.05, 3.63) is 75.3 Å². The van der Waals surface area contributed by atoms with Gasteiger partial charge in [-0.25, -0.2) is 0 Å². The molecule has 0 amide bonds. The highest BCUT2D eigenvalue weighted by Gasteiger charge is 2.17. The quantitative estimate of drug-likeness (QED) is 0.516. The average molecular weight is 392 g/mol. The van der Waals surface area contributed by atoms with Gasteiger partial charge in [-0.3, -0.25) is 4.57 Å². The fraction of sp³-hybridized carbons (Fsp3) is 0.385. The van der Waals surface area contributed by atoms with Crippen molar-refractivity contribution in [3.8, 4) is 17.4 Å². The van der Waals surface area contributed by atoms with Crippen LogP contribution < -0.4 is 0 Å². The van der Waals surface area contributed by atoms with Crippen molar-refractivity contribution in [1.29, 1.82) is 0 Å². The number of nitrogens with zero attached hydrogens (tertiary/aromatic N) is 1. The van der Waals surface area contributed by atoms with E-state index in [0.29, 0.717) is 0 Å². The van der Waals surface area contributed by atoms with Crippen LogP contribution in [0.1, 0.15) is 66.6 Å². The van der Waals surface area contributed by atoms with Crippen LogP contribution in [0.15, 0.2) is 36.4 Å². The summed E-state index contributed by atoms with van der Waals surface area (Å²) in [6.07, 6.45) is 4.67. The molecule has 0 saturated heterocycles. The number of aromatic hydroxyl groups is 2. The summed E-state index contributed by atoms with van der Waals surface area (Å²) in [5.74, 6) is 0.136. The van der Waals surface area contributed by atoms with Gasteiger partial charge in [0.15, 0.2) is 11.8 Å². The molecule has 0 aliphatic carbocycles. The first kappa shape index (κ1) is 21.0.